The summed E-state index contributed by atoms with van der Waals surface area (Å²) < 4.78 is 0.832. The van der Waals surface area contributed by atoms with Crippen LogP contribution >= 0.6 is 15.9 Å². The summed E-state index contributed by atoms with van der Waals surface area (Å²) in [5.41, 5.74) is 1.47. The van der Waals surface area contributed by atoms with Gasteiger partial charge in [-0.2, -0.15) is 0 Å². The van der Waals surface area contributed by atoms with Crippen LogP contribution < -0.4 is 0 Å². The third-order valence-electron chi connectivity index (χ3n) is 2.44. The number of nitrogens with zero attached hydrogens (tertiary/aromatic N) is 1. The molecule has 0 heterocycles. The maximum Gasteiger partial charge on any atom is 0.305 e. The van der Waals surface area contributed by atoms with Crippen molar-refractivity contribution in [3.8, 4) is 0 Å². The van der Waals surface area contributed by atoms with E-state index in [1.807, 2.05) is 19.1 Å². The van der Waals surface area contributed by atoms with E-state index in [0.29, 0.717) is 5.56 Å². The minimum atomic E-state index is -0.907. The van der Waals surface area contributed by atoms with Crippen molar-refractivity contribution in [2.75, 3.05) is 13.6 Å². The standard InChI is InChI=1S/C12H14BrNO3/c1-8-3-4-9(13)7-10(8)12(17)14(2)6-5-11(15)16/h3-4,7H,5-6H2,1-2H3,(H,15,16). The zero-order valence-corrected chi connectivity index (χ0v) is 11.3. The lowest BCUT2D eigenvalue weighted by atomic mass is 10.1. The van der Waals surface area contributed by atoms with Gasteiger partial charge in [0.05, 0.1) is 6.42 Å². The van der Waals surface area contributed by atoms with Gasteiger partial charge in [0.15, 0.2) is 0 Å². The van der Waals surface area contributed by atoms with Crippen LogP contribution in [-0.4, -0.2) is 35.5 Å². The van der Waals surface area contributed by atoms with Crippen molar-refractivity contribution >= 4 is 27.8 Å². The molecule has 5 heteroatoms. The zero-order valence-electron chi connectivity index (χ0n) is 9.74. The fraction of sp³-hybridized carbons (Fsp3) is 0.333. The average Bonchev–Trinajstić information content (AvgIpc) is 2.28. The SMILES string of the molecule is Cc1ccc(Br)cc1C(=O)N(C)CCC(=O)O. The fourth-order valence-corrected chi connectivity index (χ4v) is 1.76. The van der Waals surface area contributed by atoms with E-state index in [9.17, 15) is 9.59 Å². The number of hydrogen-bond donors (Lipinski definition) is 1. The summed E-state index contributed by atoms with van der Waals surface area (Å²) in [6, 6.07) is 5.46. The molecule has 0 atom stereocenters. The van der Waals surface area contributed by atoms with Gasteiger partial charge < -0.3 is 10.0 Å². The van der Waals surface area contributed by atoms with E-state index in [4.69, 9.17) is 5.11 Å². The first-order valence-corrected chi connectivity index (χ1v) is 5.94. The van der Waals surface area contributed by atoms with Crippen molar-refractivity contribution in [1.82, 2.24) is 4.90 Å². The van der Waals surface area contributed by atoms with Crippen molar-refractivity contribution in [1.29, 1.82) is 0 Å². The monoisotopic (exact) mass is 299 g/mol. The van der Waals surface area contributed by atoms with Crippen LogP contribution in [0.5, 0.6) is 0 Å². The highest BCUT2D eigenvalue weighted by Gasteiger charge is 2.15. The average molecular weight is 300 g/mol. The third-order valence-corrected chi connectivity index (χ3v) is 2.93. The lowest BCUT2D eigenvalue weighted by Crippen LogP contribution is -2.29. The molecule has 0 fully saturated rings. The van der Waals surface area contributed by atoms with Crippen LogP contribution in [0.2, 0.25) is 0 Å². The van der Waals surface area contributed by atoms with Gasteiger partial charge in [-0.15, -0.1) is 0 Å². The van der Waals surface area contributed by atoms with Crippen LogP contribution in [0.15, 0.2) is 22.7 Å². The summed E-state index contributed by atoms with van der Waals surface area (Å²) in [6.07, 6.45) is -0.0463. The lowest BCUT2D eigenvalue weighted by molar-refractivity contribution is -0.137. The summed E-state index contributed by atoms with van der Waals surface area (Å²) in [6.45, 7) is 2.06. The summed E-state index contributed by atoms with van der Waals surface area (Å²) in [7, 11) is 1.60. The molecule has 0 aliphatic heterocycles. The molecule has 1 aromatic carbocycles. The number of amides is 1. The molecule has 4 nitrogen and oxygen atoms in total. The topological polar surface area (TPSA) is 57.6 Å². The summed E-state index contributed by atoms with van der Waals surface area (Å²) in [4.78, 5) is 23.9. The molecule has 1 amide bonds. The minimum Gasteiger partial charge on any atom is -0.481 e. The number of hydrogen-bond acceptors (Lipinski definition) is 2. The van der Waals surface area contributed by atoms with Gasteiger partial charge in [-0.25, -0.2) is 0 Å². The smallest absolute Gasteiger partial charge is 0.305 e. The van der Waals surface area contributed by atoms with Crippen molar-refractivity contribution in [2.24, 2.45) is 0 Å². The van der Waals surface area contributed by atoms with Gasteiger partial charge in [0.25, 0.3) is 5.91 Å². The number of aliphatic carboxylic acids is 1. The molecule has 1 aromatic rings. The Morgan fingerprint density at radius 3 is 2.65 bits per heavy atom. The number of carboxylic acid groups (broad SMARTS) is 1. The molecular weight excluding hydrogens is 286 g/mol. The fourth-order valence-electron chi connectivity index (χ4n) is 1.40. The van der Waals surface area contributed by atoms with E-state index >= 15 is 0 Å². The van der Waals surface area contributed by atoms with Crippen LogP contribution in [0.1, 0.15) is 22.3 Å². The number of aryl methyl sites for hydroxylation is 1. The number of carbonyl (C=O) groups excluding carboxylic acids is 1. The second-order valence-corrected chi connectivity index (χ2v) is 4.75. The number of halogens is 1. The highest BCUT2D eigenvalue weighted by molar-refractivity contribution is 9.10. The maximum atomic E-state index is 12.0. The summed E-state index contributed by atoms with van der Waals surface area (Å²) in [5, 5.41) is 8.57. The molecule has 0 bridgehead atoms. The molecule has 0 spiro atoms. The first-order chi connectivity index (χ1) is 7.91. The van der Waals surface area contributed by atoms with Crippen molar-refractivity contribution in [2.45, 2.75) is 13.3 Å². The molecule has 0 unspecified atom stereocenters. The highest BCUT2D eigenvalue weighted by Crippen LogP contribution is 2.17. The Balaban J connectivity index is 2.81. The first kappa shape index (κ1) is 13.7. The van der Waals surface area contributed by atoms with E-state index in [2.05, 4.69) is 15.9 Å². The van der Waals surface area contributed by atoms with Gasteiger partial charge in [-0.3, -0.25) is 9.59 Å². The van der Waals surface area contributed by atoms with Gasteiger partial charge in [-0.05, 0) is 24.6 Å². The summed E-state index contributed by atoms with van der Waals surface area (Å²) >= 11 is 3.31. The molecular formula is C12H14BrNO3. The lowest BCUT2D eigenvalue weighted by Gasteiger charge is -2.17. The van der Waals surface area contributed by atoms with Crippen molar-refractivity contribution in [3.05, 3.63) is 33.8 Å². The number of rotatable bonds is 4. The maximum absolute atomic E-state index is 12.0. The van der Waals surface area contributed by atoms with Gasteiger partial charge in [0, 0.05) is 23.6 Å². The number of carbonyl (C=O) groups is 2. The Kier molecular flexibility index (Phi) is 4.69. The Bertz CT molecular complexity index is 445. The molecule has 0 radical (unpaired) electrons. The Morgan fingerprint density at radius 2 is 2.06 bits per heavy atom. The molecule has 1 rings (SSSR count). The van der Waals surface area contributed by atoms with Gasteiger partial charge in [0.1, 0.15) is 0 Å². The summed E-state index contributed by atoms with van der Waals surface area (Å²) in [5.74, 6) is -1.07. The Labute approximate surface area is 108 Å². The van der Waals surface area contributed by atoms with Crippen LogP contribution in [-0.2, 0) is 4.79 Å². The predicted molar refractivity (Wildman–Crippen MR) is 68.1 cm³/mol. The van der Waals surface area contributed by atoms with E-state index < -0.39 is 5.97 Å². The van der Waals surface area contributed by atoms with Crippen LogP contribution in [0.4, 0.5) is 0 Å². The molecule has 0 aliphatic carbocycles. The van der Waals surface area contributed by atoms with Crippen molar-refractivity contribution in [3.63, 3.8) is 0 Å². The molecule has 0 saturated carbocycles. The molecule has 1 N–H and O–H groups in total. The van der Waals surface area contributed by atoms with Crippen LogP contribution in [0.25, 0.3) is 0 Å². The number of carboxylic acids is 1. The molecule has 0 saturated heterocycles. The second kappa shape index (κ2) is 5.82. The van der Waals surface area contributed by atoms with Gasteiger partial charge in [-0.1, -0.05) is 22.0 Å². The molecule has 17 heavy (non-hydrogen) atoms. The van der Waals surface area contributed by atoms with Crippen LogP contribution in [0.3, 0.4) is 0 Å². The normalized spacial score (nSPS) is 10.1. The van der Waals surface area contributed by atoms with Crippen molar-refractivity contribution < 1.29 is 14.7 Å². The second-order valence-electron chi connectivity index (χ2n) is 3.83. The first-order valence-electron chi connectivity index (χ1n) is 5.15. The van der Waals surface area contributed by atoms with E-state index in [0.717, 1.165) is 10.0 Å². The number of benzene rings is 1. The quantitative estimate of drug-likeness (QED) is 0.928. The highest BCUT2D eigenvalue weighted by atomic mass is 79.9. The molecule has 0 aliphatic rings. The predicted octanol–water partition coefficient (Wildman–Crippen LogP) is 2.30. The Morgan fingerprint density at radius 1 is 1.41 bits per heavy atom. The zero-order chi connectivity index (χ0) is 13.0. The molecule has 0 aromatic heterocycles. The van der Waals surface area contributed by atoms with E-state index in [1.165, 1.54) is 4.90 Å². The van der Waals surface area contributed by atoms with Crippen LogP contribution in [0, 0.1) is 6.92 Å². The minimum absolute atomic E-state index is 0.0463. The largest absolute Gasteiger partial charge is 0.481 e. The van der Waals surface area contributed by atoms with Gasteiger partial charge in [0.2, 0.25) is 0 Å². The Hall–Kier alpha value is -1.36. The third kappa shape index (κ3) is 3.85. The van der Waals surface area contributed by atoms with E-state index in [-0.39, 0.29) is 18.9 Å². The van der Waals surface area contributed by atoms with Gasteiger partial charge >= 0.3 is 5.97 Å². The molecule has 92 valence electrons. The van der Waals surface area contributed by atoms with E-state index in [1.54, 1.807) is 13.1 Å².